The van der Waals surface area contributed by atoms with Crippen LogP contribution in [0, 0.1) is 0 Å². The molecule has 1 unspecified atom stereocenters. The zero-order chi connectivity index (χ0) is 10.6. The summed E-state index contributed by atoms with van der Waals surface area (Å²) in [6.45, 7) is 4.60. The van der Waals surface area contributed by atoms with E-state index in [1.165, 1.54) is 10.4 Å². The smallest absolute Gasteiger partial charge is 0.233 e. The lowest BCUT2D eigenvalue weighted by Crippen LogP contribution is -2.28. The van der Waals surface area contributed by atoms with Gasteiger partial charge in [-0.05, 0) is 30.4 Å². The fraction of sp³-hybridized carbons (Fsp3) is 0.500. The van der Waals surface area contributed by atoms with E-state index in [-0.39, 0.29) is 10.7 Å². The van der Waals surface area contributed by atoms with E-state index in [1.54, 1.807) is 11.3 Å². The molecule has 1 rings (SSSR count). The predicted octanol–water partition coefficient (Wildman–Crippen LogP) is 2.71. The maximum Gasteiger partial charge on any atom is 0.233 e. The van der Waals surface area contributed by atoms with Crippen molar-refractivity contribution in [3.63, 3.8) is 0 Å². The van der Waals surface area contributed by atoms with Gasteiger partial charge in [0.2, 0.25) is 5.91 Å². The quantitative estimate of drug-likeness (QED) is 0.842. The maximum absolute atomic E-state index is 11.3. The van der Waals surface area contributed by atoms with Crippen molar-refractivity contribution in [3.05, 3.63) is 21.9 Å². The molecule has 0 aliphatic heterocycles. The highest BCUT2D eigenvalue weighted by molar-refractivity contribution is 9.10. The van der Waals surface area contributed by atoms with Crippen molar-refractivity contribution in [2.45, 2.75) is 31.6 Å². The van der Waals surface area contributed by atoms with Gasteiger partial charge in [0.05, 0.1) is 11.4 Å². The highest BCUT2D eigenvalue weighted by Crippen LogP contribution is 2.16. The van der Waals surface area contributed by atoms with Gasteiger partial charge in [-0.15, -0.1) is 11.3 Å². The molecule has 1 aromatic heterocycles. The minimum Gasteiger partial charge on any atom is -0.350 e. The Morgan fingerprint density at radius 3 is 3.00 bits per heavy atom. The molecule has 0 aromatic carbocycles. The normalized spacial score (nSPS) is 12.5. The highest BCUT2D eigenvalue weighted by Gasteiger charge is 2.09. The summed E-state index contributed by atoms with van der Waals surface area (Å²) in [5, 5.41) is 4.95. The number of rotatable bonds is 4. The Balaban J connectivity index is 2.49. The summed E-state index contributed by atoms with van der Waals surface area (Å²) in [5.41, 5.74) is 1.33. The standard InChI is InChI=1S/C10H14BrNOS/c1-3-8-4-5-14-9(8)6-12-10(13)7(2)11/h4-5,7H,3,6H2,1-2H3,(H,12,13). The third kappa shape index (κ3) is 3.10. The summed E-state index contributed by atoms with van der Waals surface area (Å²) >= 11 is 4.93. The molecule has 1 amide bonds. The number of amides is 1. The number of aryl methyl sites for hydroxylation is 1. The molecule has 0 aliphatic carbocycles. The van der Waals surface area contributed by atoms with Crippen LogP contribution in [0.4, 0.5) is 0 Å². The molecule has 2 nitrogen and oxygen atoms in total. The van der Waals surface area contributed by atoms with E-state index in [2.05, 4.69) is 39.6 Å². The Hall–Kier alpha value is -0.350. The van der Waals surface area contributed by atoms with Crippen LogP contribution in [-0.2, 0) is 17.8 Å². The number of carbonyl (C=O) groups is 1. The van der Waals surface area contributed by atoms with Crippen LogP contribution >= 0.6 is 27.3 Å². The number of halogens is 1. The second-order valence-corrected chi connectivity index (χ2v) is 5.43. The van der Waals surface area contributed by atoms with Gasteiger partial charge in [0.1, 0.15) is 0 Å². The van der Waals surface area contributed by atoms with Crippen LogP contribution in [0.3, 0.4) is 0 Å². The first-order valence-electron chi connectivity index (χ1n) is 4.62. The molecule has 0 bridgehead atoms. The van der Waals surface area contributed by atoms with Crippen molar-refractivity contribution in [2.75, 3.05) is 0 Å². The lowest BCUT2D eigenvalue weighted by molar-refractivity contribution is -0.120. The molecular formula is C10H14BrNOS. The number of hydrogen-bond donors (Lipinski definition) is 1. The summed E-state index contributed by atoms with van der Waals surface area (Å²) in [4.78, 5) is 12.4. The number of alkyl halides is 1. The molecule has 4 heteroatoms. The van der Waals surface area contributed by atoms with E-state index < -0.39 is 0 Å². The number of nitrogens with one attached hydrogen (secondary N) is 1. The SMILES string of the molecule is CCc1ccsc1CNC(=O)C(C)Br. The molecule has 0 fully saturated rings. The first-order valence-corrected chi connectivity index (χ1v) is 6.41. The van der Waals surface area contributed by atoms with Gasteiger partial charge >= 0.3 is 0 Å². The third-order valence-corrected chi connectivity index (χ3v) is 3.38. The molecule has 0 saturated carbocycles. The molecule has 0 aliphatic rings. The molecule has 1 atom stereocenters. The van der Waals surface area contributed by atoms with Gasteiger partial charge in [-0.2, -0.15) is 0 Å². The van der Waals surface area contributed by atoms with Crippen molar-refractivity contribution >= 4 is 33.2 Å². The number of hydrogen-bond acceptors (Lipinski definition) is 2. The first-order chi connectivity index (χ1) is 6.65. The largest absolute Gasteiger partial charge is 0.350 e. The summed E-state index contributed by atoms with van der Waals surface area (Å²) < 4.78 is 0. The van der Waals surface area contributed by atoms with Gasteiger partial charge in [0, 0.05) is 4.88 Å². The van der Waals surface area contributed by atoms with E-state index >= 15 is 0 Å². The fourth-order valence-corrected chi connectivity index (χ4v) is 2.22. The zero-order valence-corrected chi connectivity index (χ0v) is 10.7. The lowest BCUT2D eigenvalue weighted by Gasteiger charge is -2.06. The van der Waals surface area contributed by atoms with Crippen LogP contribution in [0.1, 0.15) is 24.3 Å². The average Bonchev–Trinajstić information content (AvgIpc) is 2.60. The van der Waals surface area contributed by atoms with Crippen molar-refractivity contribution in [2.24, 2.45) is 0 Å². The third-order valence-electron chi connectivity index (χ3n) is 2.00. The van der Waals surface area contributed by atoms with Crippen LogP contribution < -0.4 is 5.32 Å². The summed E-state index contributed by atoms with van der Waals surface area (Å²) in [6, 6.07) is 2.11. The Labute approximate surface area is 96.8 Å². The van der Waals surface area contributed by atoms with Gasteiger partial charge in [-0.3, -0.25) is 4.79 Å². The Kier molecular flexibility index (Phi) is 4.62. The topological polar surface area (TPSA) is 29.1 Å². The van der Waals surface area contributed by atoms with Crippen molar-refractivity contribution < 1.29 is 4.79 Å². The summed E-state index contributed by atoms with van der Waals surface area (Å²) in [6.07, 6.45) is 1.03. The molecule has 78 valence electrons. The Bertz CT molecular complexity index is 309. The molecule has 0 spiro atoms. The second-order valence-electron chi connectivity index (χ2n) is 3.06. The van der Waals surface area contributed by atoms with Crippen molar-refractivity contribution in [1.29, 1.82) is 0 Å². The molecule has 14 heavy (non-hydrogen) atoms. The number of thiophene rings is 1. The maximum atomic E-state index is 11.3. The minimum absolute atomic E-state index is 0.0421. The van der Waals surface area contributed by atoms with Gasteiger partial charge in [-0.1, -0.05) is 22.9 Å². The van der Waals surface area contributed by atoms with E-state index in [0.717, 1.165) is 6.42 Å². The van der Waals surface area contributed by atoms with Gasteiger partial charge in [0.25, 0.3) is 0 Å². The van der Waals surface area contributed by atoms with E-state index in [4.69, 9.17) is 0 Å². The zero-order valence-electron chi connectivity index (χ0n) is 8.34. The van der Waals surface area contributed by atoms with Gasteiger partial charge in [-0.25, -0.2) is 0 Å². The van der Waals surface area contributed by atoms with E-state index in [0.29, 0.717) is 6.54 Å². The Morgan fingerprint density at radius 1 is 1.71 bits per heavy atom. The van der Waals surface area contributed by atoms with Crippen LogP contribution in [-0.4, -0.2) is 10.7 Å². The lowest BCUT2D eigenvalue weighted by atomic mass is 10.2. The number of carbonyl (C=O) groups excluding carboxylic acids is 1. The van der Waals surface area contributed by atoms with E-state index in [1.807, 2.05) is 6.92 Å². The summed E-state index contributed by atoms with van der Waals surface area (Å²) in [7, 11) is 0. The molecule has 1 heterocycles. The predicted molar refractivity (Wildman–Crippen MR) is 63.9 cm³/mol. The average molecular weight is 276 g/mol. The molecular weight excluding hydrogens is 262 g/mol. The van der Waals surface area contributed by atoms with Gasteiger partial charge < -0.3 is 5.32 Å². The van der Waals surface area contributed by atoms with Crippen molar-refractivity contribution in [1.82, 2.24) is 5.32 Å². The molecule has 1 N–H and O–H groups in total. The van der Waals surface area contributed by atoms with Crippen LogP contribution in [0.15, 0.2) is 11.4 Å². The van der Waals surface area contributed by atoms with Crippen LogP contribution in [0.2, 0.25) is 0 Å². The first kappa shape index (κ1) is 11.7. The second kappa shape index (κ2) is 5.51. The minimum atomic E-state index is -0.118. The summed E-state index contributed by atoms with van der Waals surface area (Å²) in [5.74, 6) is 0.0421. The van der Waals surface area contributed by atoms with Gasteiger partial charge in [0.15, 0.2) is 0 Å². The molecule has 1 aromatic rings. The van der Waals surface area contributed by atoms with E-state index in [9.17, 15) is 4.79 Å². The van der Waals surface area contributed by atoms with Crippen molar-refractivity contribution in [3.8, 4) is 0 Å². The Morgan fingerprint density at radius 2 is 2.43 bits per heavy atom. The fourth-order valence-electron chi connectivity index (χ4n) is 1.15. The monoisotopic (exact) mass is 275 g/mol. The highest BCUT2D eigenvalue weighted by atomic mass is 79.9. The molecule has 0 saturated heterocycles. The van der Waals surface area contributed by atoms with Crippen LogP contribution in [0.5, 0.6) is 0 Å². The van der Waals surface area contributed by atoms with Crippen LogP contribution in [0.25, 0.3) is 0 Å². The molecule has 0 radical (unpaired) electrons.